The molecule has 1 aliphatic rings. The highest BCUT2D eigenvalue weighted by Gasteiger charge is 2.28. The van der Waals surface area contributed by atoms with Crippen LogP contribution in [-0.4, -0.2) is 56.7 Å². The summed E-state index contributed by atoms with van der Waals surface area (Å²) < 4.78 is 8.59. The van der Waals surface area contributed by atoms with E-state index in [1.54, 1.807) is 17.2 Å². The summed E-state index contributed by atoms with van der Waals surface area (Å²) in [5.41, 5.74) is 2.41. The van der Waals surface area contributed by atoms with Gasteiger partial charge in [-0.1, -0.05) is 15.9 Å². The van der Waals surface area contributed by atoms with Gasteiger partial charge in [0.1, 0.15) is 17.7 Å². The van der Waals surface area contributed by atoms with Crippen LogP contribution >= 0.6 is 15.9 Å². The third-order valence-electron chi connectivity index (χ3n) is 5.47. The molecule has 29 heavy (non-hydrogen) atoms. The lowest BCUT2D eigenvalue weighted by molar-refractivity contribution is 0.0716. The molecule has 0 spiro atoms. The van der Waals surface area contributed by atoms with Crippen LogP contribution in [0.1, 0.15) is 16.1 Å². The van der Waals surface area contributed by atoms with Crippen molar-refractivity contribution in [1.82, 2.24) is 24.6 Å². The fourth-order valence-corrected chi connectivity index (χ4v) is 4.22. The molecule has 3 aromatic heterocycles. The predicted molar refractivity (Wildman–Crippen MR) is 113 cm³/mol. The Morgan fingerprint density at radius 2 is 1.93 bits per heavy atom. The van der Waals surface area contributed by atoms with Crippen molar-refractivity contribution in [3.63, 3.8) is 0 Å². The van der Waals surface area contributed by atoms with Crippen LogP contribution in [0.4, 0.5) is 5.82 Å². The zero-order chi connectivity index (χ0) is 20.1. The number of aryl methyl sites for hydroxylation is 2. The van der Waals surface area contributed by atoms with Gasteiger partial charge in [-0.25, -0.2) is 9.97 Å². The Balaban J connectivity index is 1.36. The van der Waals surface area contributed by atoms with Crippen molar-refractivity contribution in [1.29, 1.82) is 0 Å². The highest BCUT2D eigenvalue weighted by molar-refractivity contribution is 9.10. The van der Waals surface area contributed by atoms with Crippen molar-refractivity contribution in [2.24, 2.45) is 7.05 Å². The van der Waals surface area contributed by atoms with E-state index in [4.69, 9.17) is 4.42 Å². The normalized spacial score (nSPS) is 14.9. The van der Waals surface area contributed by atoms with E-state index in [2.05, 4.69) is 35.9 Å². The van der Waals surface area contributed by atoms with Gasteiger partial charge >= 0.3 is 0 Å². The molecule has 148 valence electrons. The number of fused-ring (bicyclic) bond motifs is 2. The largest absolute Gasteiger partial charge is 0.451 e. The molecule has 9 heteroatoms. The average Bonchev–Trinajstić information content (AvgIpc) is 3.28. The Labute approximate surface area is 175 Å². The van der Waals surface area contributed by atoms with Crippen LogP contribution in [0.25, 0.3) is 22.0 Å². The van der Waals surface area contributed by atoms with Crippen LogP contribution in [0.15, 0.2) is 39.6 Å². The molecule has 1 fully saturated rings. The smallest absolute Gasteiger partial charge is 0.290 e. The molecule has 8 nitrogen and oxygen atoms in total. The summed E-state index contributed by atoms with van der Waals surface area (Å²) in [6, 6.07) is 5.78. The molecule has 0 aliphatic carbocycles. The summed E-state index contributed by atoms with van der Waals surface area (Å²) in [7, 11) is 1.87. The maximum atomic E-state index is 13.1. The Morgan fingerprint density at radius 1 is 1.14 bits per heavy atom. The number of hydrogen-bond acceptors (Lipinski definition) is 6. The SMILES string of the molecule is Cc1c(C(=O)N2CCN(c3ncnc4c3cnn4C)CC2)oc2ccc(Br)cc12. The second-order valence-electron chi connectivity index (χ2n) is 7.18. The van der Waals surface area contributed by atoms with Gasteiger partial charge in [0.15, 0.2) is 11.4 Å². The maximum Gasteiger partial charge on any atom is 0.290 e. The fourth-order valence-electron chi connectivity index (χ4n) is 3.86. The summed E-state index contributed by atoms with van der Waals surface area (Å²) >= 11 is 3.48. The Bertz CT molecular complexity index is 1240. The zero-order valence-corrected chi connectivity index (χ0v) is 17.7. The number of amides is 1. The zero-order valence-electron chi connectivity index (χ0n) is 16.1. The van der Waals surface area contributed by atoms with Crippen molar-refractivity contribution in [3.8, 4) is 0 Å². The fraction of sp³-hybridized carbons (Fsp3) is 0.300. The van der Waals surface area contributed by atoms with Gasteiger partial charge < -0.3 is 14.2 Å². The number of hydrogen-bond donors (Lipinski definition) is 0. The van der Waals surface area contributed by atoms with Gasteiger partial charge in [0.05, 0.1) is 11.6 Å². The molecule has 1 amide bonds. The highest BCUT2D eigenvalue weighted by atomic mass is 79.9. The average molecular weight is 455 g/mol. The summed E-state index contributed by atoms with van der Waals surface area (Å²) in [6.07, 6.45) is 3.35. The molecule has 1 saturated heterocycles. The number of carbonyl (C=O) groups excluding carboxylic acids is 1. The Hall–Kier alpha value is -2.94. The highest BCUT2D eigenvalue weighted by Crippen LogP contribution is 2.29. The number of carbonyl (C=O) groups is 1. The standard InChI is InChI=1S/C20H19BrN6O2/c1-12-14-9-13(21)3-4-16(14)29-17(12)20(28)27-7-5-26(6-8-27)19-15-10-24-25(2)18(15)22-11-23-19/h3-4,9-11H,5-8H2,1-2H3. The van der Waals surface area contributed by atoms with Gasteiger partial charge in [0.25, 0.3) is 5.91 Å². The lowest BCUT2D eigenvalue weighted by Crippen LogP contribution is -2.49. The molecule has 0 unspecified atom stereocenters. The van der Waals surface area contributed by atoms with E-state index in [-0.39, 0.29) is 5.91 Å². The van der Waals surface area contributed by atoms with Crippen molar-refractivity contribution in [2.75, 3.05) is 31.1 Å². The molecule has 0 N–H and O–H groups in total. The van der Waals surface area contributed by atoms with Crippen molar-refractivity contribution >= 4 is 49.7 Å². The van der Waals surface area contributed by atoms with Gasteiger partial charge in [0, 0.05) is 48.6 Å². The molecule has 4 heterocycles. The topological polar surface area (TPSA) is 80.3 Å². The molecular weight excluding hydrogens is 436 g/mol. The van der Waals surface area contributed by atoms with Crippen LogP contribution in [0.3, 0.4) is 0 Å². The van der Waals surface area contributed by atoms with Crippen LogP contribution < -0.4 is 4.90 Å². The van der Waals surface area contributed by atoms with Crippen LogP contribution in [0, 0.1) is 6.92 Å². The molecule has 1 aromatic carbocycles. The van der Waals surface area contributed by atoms with Crippen molar-refractivity contribution in [3.05, 3.63) is 46.5 Å². The molecule has 0 atom stereocenters. The number of piperazine rings is 1. The number of furan rings is 1. The third-order valence-corrected chi connectivity index (χ3v) is 5.96. The van der Waals surface area contributed by atoms with Gasteiger partial charge in [-0.2, -0.15) is 5.10 Å². The number of benzene rings is 1. The number of aromatic nitrogens is 4. The summed E-state index contributed by atoms with van der Waals surface area (Å²) in [6.45, 7) is 4.52. The van der Waals surface area contributed by atoms with Gasteiger partial charge in [-0.3, -0.25) is 9.48 Å². The molecule has 0 saturated carbocycles. The van der Waals surface area contributed by atoms with E-state index in [1.165, 1.54) is 0 Å². The number of halogens is 1. The van der Waals surface area contributed by atoms with Crippen LogP contribution in [-0.2, 0) is 7.05 Å². The minimum absolute atomic E-state index is 0.0660. The van der Waals surface area contributed by atoms with E-state index in [0.29, 0.717) is 31.9 Å². The van der Waals surface area contributed by atoms with E-state index < -0.39 is 0 Å². The van der Waals surface area contributed by atoms with E-state index in [9.17, 15) is 4.79 Å². The summed E-state index contributed by atoms with van der Waals surface area (Å²) in [5, 5.41) is 6.16. The molecule has 0 radical (unpaired) electrons. The third kappa shape index (κ3) is 2.96. The van der Waals surface area contributed by atoms with Crippen molar-refractivity contribution in [2.45, 2.75) is 6.92 Å². The van der Waals surface area contributed by atoms with E-state index in [0.717, 1.165) is 37.9 Å². The number of nitrogens with zero attached hydrogens (tertiary/aromatic N) is 6. The first-order valence-corrected chi connectivity index (χ1v) is 10.2. The molecule has 1 aliphatic heterocycles. The second kappa shape index (κ2) is 6.84. The Kier molecular flexibility index (Phi) is 4.27. The molecule has 4 aromatic rings. The first kappa shape index (κ1) is 18.1. The molecule has 5 rings (SSSR count). The lowest BCUT2D eigenvalue weighted by atomic mass is 10.1. The first-order valence-electron chi connectivity index (χ1n) is 9.38. The summed E-state index contributed by atoms with van der Waals surface area (Å²) in [5.74, 6) is 1.21. The molecular formula is C20H19BrN6O2. The van der Waals surface area contributed by atoms with E-state index >= 15 is 0 Å². The second-order valence-corrected chi connectivity index (χ2v) is 8.09. The monoisotopic (exact) mass is 454 g/mol. The van der Waals surface area contributed by atoms with Crippen molar-refractivity contribution < 1.29 is 9.21 Å². The minimum atomic E-state index is -0.0660. The van der Waals surface area contributed by atoms with Crippen LogP contribution in [0.2, 0.25) is 0 Å². The number of rotatable bonds is 2. The van der Waals surface area contributed by atoms with E-state index in [1.807, 2.05) is 37.1 Å². The lowest BCUT2D eigenvalue weighted by Gasteiger charge is -2.35. The first-order chi connectivity index (χ1) is 14.0. The predicted octanol–water partition coefficient (Wildman–Crippen LogP) is 3.14. The summed E-state index contributed by atoms with van der Waals surface area (Å²) in [4.78, 5) is 25.9. The quantitative estimate of drug-likeness (QED) is 0.462. The van der Waals surface area contributed by atoms with Gasteiger partial charge in [0.2, 0.25) is 0 Å². The molecule has 0 bridgehead atoms. The van der Waals surface area contributed by atoms with Gasteiger partial charge in [-0.15, -0.1) is 0 Å². The minimum Gasteiger partial charge on any atom is -0.451 e. The Morgan fingerprint density at radius 3 is 2.72 bits per heavy atom. The maximum absolute atomic E-state index is 13.1. The number of anilines is 1. The van der Waals surface area contributed by atoms with Crippen LogP contribution in [0.5, 0.6) is 0 Å². The van der Waals surface area contributed by atoms with Gasteiger partial charge in [-0.05, 0) is 25.1 Å².